The van der Waals surface area contributed by atoms with Crippen LogP contribution >= 0.6 is 11.3 Å². The molecule has 0 fully saturated rings. The van der Waals surface area contributed by atoms with Gasteiger partial charge >= 0.3 is 6.18 Å². The Hall–Kier alpha value is -3.65. The Morgan fingerprint density at radius 1 is 1.03 bits per heavy atom. The van der Waals surface area contributed by atoms with E-state index in [4.69, 9.17) is 4.74 Å². The van der Waals surface area contributed by atoms with Crippen LogP contribution in [-0.4, -0.2) is 10.9 Å². The molecule has 0 aliphatic rings. The largest absolute Gasteiger partial charge is 0.489 e. The van der Waals surface area contributed by atoms with Gasteiger partial charge in [0.2, 0.25) is 0 Å². The molecule has 0 spiro atoms. The topological polar surface area (TPSA) is 51.2 Å². The van der Waals surface area contributed by atoms with Crippen molar-refractivity contribution in [3.63, 3.8) is 0 Å². The van der Waals surface area contributed by atoms with Gasteiger partial charge in [0.1, 0.15) is 23.1 Å². The van der Waals surface area contributed by atoms with E-state index in [0.29, 0.717) is 27.7 Å². The van der Waals surface area contributed by atoms with Crippen molar-refractivity contribution in [3.8, 4) is 16.3 Å². The molecule has 33 heavy (non-hydrogen) atoms. The monoisotopic (exact) mass is 468 g/mol. The van der Waals surface area contributed by atoms with E-state index < -0.39 is 11.7 Å². The molecule has 1 heterocycles. The molecule has 4 nitrogen and oxygen atoms in total. The van der Waals surface area contributed by atoms with Crippen molar-refractivity contribution in [2.24, 2.45) is 0 Å². The summed E-state index contributed by atoms with van der Waals surface area (Å²) in [6.45, 7) is 1.96. The van der Waals surface area contributed by atoms with E-state index >= 15 is 0 Å². The zero-order valence-corrected chi connectivity index (χ0v) is 18.3. The van der Waals surface area contributed by atoms with Gasteiger partial charge in [-0.2, -0.15) is 13.2 Å². The smallest absolute Gasteiger partial charge is 0.416 e. The molecule has 0 bridgehead atoms. The first-order chi connectivity index (χ1) is 15.8. The van der Waals surface area contributed by atoms with Gasteiger partial charge in [-0.25, -0.2) is 4.98 Å². The number of nitrogens with zero attached hydrogens (tertiary/aromatic N) is 1. The van der Waals surface area contributed by atoms with Gasteiger partial charge in [0, 0.05) is 16.6 Å². The Bertz CT molecular complexity index is 1270. The van der Waals surface area contributed by atoms with Crippen LogP contribution in [0.4, 0.5) is 18.9 Å². The van der Waals surface area contributed by atoms with Crippen LogP contribution in [0.15, 0.2) is 78.2 Å². The van der Waals surface area contributed by atoms with E-state index in [0.717, 1.165) is 23.3 Å². The van der Waals surface area contributed by atoms with Gasteiger partial charge in [-0.15, -0.1) is 11.3 Å². The van der Waals surface area contributed by atoms with Crippen LogP contribution < -0.4 is 10.1 Å². The quantitative estimate of drug-likeness (QED) is 0.333. The summed E-state index contributed by atoms with van der Waals surface area (Å²) in [5.74, 6) is 0.184. The van der Waals surface area contributed by atoms with Crippen LogP contribution in [0.1, 0.15) is 27.2 Å². The maximum absolute atomic E-state index is 12.9. The number of halogens is 3. The van der Waals surface area contributed by atoms with Gasteiger partial charge < -0.3 is 10.1 Å². The third-order valence-corrected chi connectivity index (χ3v) is 5.68. The minimum absolute atomic E-state index is 0.00452. The summed E-state index contributed by atoms with van der Waals surface area (Å²) in [4.78, 5) is 16.9. The van der Waals surface area contributed by atoms with Gasteiger partial charge in [0.25, 0.3) is 5.91 Å². The van der Waals surface area contributed by atoms with Crippen LogP contribution in [0.5, 0.6) is 5.75 Å². The fourth-order valence-electron chi connectivity index (χ4n) is 3.07. The van der Waals surface area contributed by atoms with Crippen molar-refractivity contribution in [2.75, 3.05) is 5.32 Å². The first kappa shape index (κ1) is 22.5. The number of aromatic nitrogens is 1. The lowest BCUT2D eigenvalue weighted by atomic mass is 10.1. The van der Waals surface area contributed by atoms with E-state index in [1.165, 1.54) is 17.4 Å². The molecule has 4 aromatic rings. The Morgan fingerprint density at radius 3 is 2.55 bits per heavy atom. The molecule has 0 saturated heterocycles. The molecule has 1 amide bonds. The molecular formula is C25H19F3N2O2S. The van der Waals surface area contributed by atoms with Gasteiger partial charge in [-0.05, 0) is 48.9 Å². The van der Waals surface area contributed by atoms with E-state index in [-0.39, 0.29) is 12.5 Å². The third-order valence-electron chi connectivity index (χ3n) is 4.79. The maximum atomic E-state index is 12.9. The fourth-order valence-corrected chi connectivity index (χ4v) is 3.86. The first-order valence-electron chi connectivity index (χ1n) is 10.0. The number of anilines is 1. The van der Waals surface area contributed by atoms with Gasteiger partial charge in [-0.3, -0.25) is 4.79 Å². The van der Waals surface area contributed by atoms with Crippen LogP contribution in [0.25, 0.3) is 10.6 Å². The predicted octanol–water partition coefficient (Wildman–Crippen LogP) is 6.97. The molecule has 0 unspecified atom stereocenters. The Labute approximate surface area is 192 Å². The molecule has 0 saturated carbocycles. The van der Waals surface area contributed by atoms with Gasteiger partial charge in [0.05, 0.1) is 5.56 Å². The number of amides is 1. The van der Waals surface area contributed by atoms with Gasteiger partial charge in [0.15, 0.2) is 0 Å². The molecule has 1 N–H and O–H groups in total. The SMILES string of the molecule is Cc1ccc(NC(=O)c2csc(-c3cccc(OCc4cccc(C(F)(F)F)c4)c3)n2)cc1. The van der Waals surface area contributed by atoms with E-state index in [1.54, 1.807) is 29.6 Å². The molecule has 4 rings (SSSR count). The lowest BCUT2D eigenvalue weighted by Gasteiger charge is -2.10. The van der Waals surface area contributed by atoms with Crippen molar-refractivity contribution in [1.82, 2.24) is 4.98 Å². The van der Waals surface area contributed by atoms with Crippen molar-refractivity contribution in [2.45, 2.75) is 19.7 Å². The Balaban J connectivity index is 1.43. The number of aryl methyl sites for hydroxylation is 1. The summed E-state index contributed by atoms with van der Waals surface area (Å²) < 4.78 is 44.4. The first-order valence-corrected chi connectivity index (χ1v) is 10.9. The minimum atomic E-state index is -4.40. The lowest BCUT2D eigenvalue weighted by molar-refractivity contribution is -0.137. The highest BCUT2D eigenvalue weighted by atomic mass is 32.1. The molecule has 168 valence electrons. The molecule has 0 aliphatic heterocycles. The normalized spacial score (nSPS) is 11.3. The van der Waals surface area contributed by atoms with Crippen molar-refractivity contribution >= 4 is 22.9 Å². The summed E-state index contributed by atoms with van der Waals surface area (Å²) in [6, 6.07) is 19.6. The van der Waals surface area contributed by atoms with Crippen molar-refractivity contribution in [3.05, 3.63) is 101 Å². The highest BCUT2D eigenvalue weighted by molar-refractivity contribution is 7.13. The second-order valence-electron chi connectivity index (χ2n) is 7.37. The van der Waals surface area contributed by atoms with Crippen molar-refractivity contribution in [1.29, 1.82) is 0 Å². The lowest BCUT2D eigenvalue weighted by Crippen LogP contribution is -2.12. The third kappa shape index (κ3) is 5.78. The molecule has 0 aliphatic carbocycles. The number of nitrogens with one attached hydrogen (secondary N) is 1. The number of rotatable bonds is 6. The summed E-state index contributed by atoms with van der Waals surface area (Å²) >= 11 is 1.32. The van der Waals surface area contributed by atoms with Crippen molar-refractivity contribution < 1.29 is 22.7 Å². The van der Waals surface area contributed by atoms with Crippen LogP contribution in [-0.2, 0) is 12.8 Å². The Kier molecular flexibility index (Phi) is 6.46. The van der Waals surface area contributed by atoms with Crippen LogP contribution in [0.2, 0.25) is 0 Å². The van der Waals surface area contributed by atoms with Crippen LogP contribution in [0.3, 0.4) is 0 Å². The number of ether oxygens (including phenoxy) is 1. The number of hydrogen-bond donors (Lipinski definition) is 1. The summed E-state index contributed by atoms with van der Waals surface area (Å²) in [5.41, 5.74) is 2.53. The zero-order chi connectivity index (χ0) is 23.4. The fraction of sp³-hybridized carbons (Fsp3) is 0.120. The summed E-state index contributed by atoms with van der Waals surface area (Å²) in [6.07, 6.45) is -4.40. The van der Waals surface area contributed by atoms with E-state index in [2.05, 4.69) is 10.3 Å². The highest BCUT2D eigenvalue weighted by Gasteiger charge is 2.30. The number of carbonyl (C=O) groups excluding carboxylic acids is 1. The molecule has 1 aromatic heterocycles. The maximum Gasteiger partial charge on any atom is 0.416 e. The number of alkyl halides is 3. The standard InChI is InChI=1S/C25H19F3N2O2S/c1-16-8-10-20(11-9-16)29-23(31)22-15-33-24(30-22)18-5-3-7-21(13-18)32-14-17-4-2-6-19(12-17)25(26,27)28/h2-13,15H,14H2,1H3,(H,29,31). The van der Waals surface area contributed by atoms with Gasteiger partial charge in [-0.1, -0.05) is 42.0 Å². The number of benzene rings is 3. The summed E-state index contributed by atoms with van der Waals surface area (Å²) in [7, 11) is 0. The number of carbonyl (C=O) groups is 1. The van der Waals surface area contributed by atoms with E-state index in [9.17, 15) is 18.0 Å². The number of thiazole rings is 1. The average molecular weight is 469 g/mol. The second-order valence-corrected chi connectivity index (χ2v) is 8.23. The number of hydrogen-bond acceptors (Lipinski definition) is 4. The highest BCUT2D eigenvalue weighted by Crippen LogP contribution is 2.30. The zero-order valence-electron chi connectivity index (χ0n) is 17.5. The molecule has 0 radical (unpaired) electrons. The van der Waals surface area contributed by atoms with Crippen LogP contribution in [0, 0.1) is 6.92 Å². The van der Waals surface area contributed by atoms with E-state index in [1.807, 2.05) is 37.3 Å². The predicted molar refractivity (Wildman–Crippen MR) is 122 cm³/mol. The summed E-state index contributed by atoms with van der Waals surface area (Å²) in [5, 5.41) is 5.12. The minimum Gasteiger partial charge on any atom is -0.489 e. The Morgan fingerprint density at radius 2 is 1.79 bits per heavy atom. The molecule has 0 atom stereocenters. The second kappa shape index (κ2) is 9.46. The molecular weight excluding hydrogens is 449 g/mol. The molecule has 3 aromatic carbocycles. The molecule has 8 heteroatoms. The average Bonchev–Trinajstić information content (AvgIpc) is 3.30.